The van der Waals surface area contributed by atoms with Gasteiger partial charge in [0.25, 0.3) is 11.6 Å². The quantitative estimate of drug-likeness (QED) is 0.620. The van der Waals surface area contributed by atoms with E-state index in [2.05, 4.69) is 15.5 Å². The van der Waals surface area contributed by atoms with Gasteiger partial charge in [-0.2, -0.15) is 0 Å². The average molecular weight is 318 g/mol. The van der Waals surface area contributed by atoms with Crippen molar-refractivity contribution in [3.63, 3.8) is 0 Å². The minimum Gasteiger partial charge on any atom is -0.383 e. The number of fused-ring (bicyclic) bond motifs is 1. The summed E-state index contributed by atoms with van der Waals surface area (Å²) in [6.45, 7) is 4.40. The lowest BCUT2D eigenvalue weighted by Crippen LogP contribution is -2.29. The summed E-state index contributed by atoms with van der Waals surface area (Å²) in [5.41, 5.74) is 1.56. The fourth-order valence-electron chi connectivity index (χ4n) is 3.30. The summed E-state index contributed by atoms with van der Waals surface area (Å²) in [6, 6.07) is 3.14. The number of hydrogen-bond acceptors (Lipinski definition) is 5. The van der Waals surface area contributed by atoms with Gasteiger partial charge >= 0.3 is 0 Å². The van der Waals surface area contributed by atoms with Crippen molar-refractivity contribution in [3.05, 3.63) is 27.8 Å². The largest absolute Gasteiger partial charge is 0.383 e. The van der Waals surface area contributed by atoms with E-state index in [1.807, 2.05) is 6.92 Å². The first-order chi connectivity index (χ1) is 11.0. The van der Waals surface area contributed by atoms with Crippen LogP contribution in [0.5, 0.6) is 0 Å². The molecule has 1 aliphatic carbocycles. The number of carbonyl (C=O) groups excluding carboxylic acids is 1. The van der Waals surface area contributed by atoms with Crippen LogP contribution in [0.2, 0.25) is 0 Å². The molecule has 7 heteroatoms. The number of rotatable bonds is 6. The van der Waals surface area contributed by atoms with Crippen LogP contribution >= 0.6 is 0 Å². The lowest BCUT2D eigenvalue weighted by Gasteiger charge is -2.24. The standard InChI is InChI=1S/C16H22N4O3/c1-3-4-18-16(21)12-6-15(20(22)23)13(17-2)7-14(12)19-8-10-5-11(10)9-19/h6-7,10-11,17H,3-5,8-9H2,1-2H3,(H,18,21). The van der Waals surface area contributed by atoms with Crippen LogP contribution in [-0.4, -0.2) is 37.5 Å². The average Bonchev–Trinajstić information content (AvgIpc) is 3.16. The number of piperidine rings is 1. The number of nitrogens with one attached hydrogen (secondary N) is 2. The highest BCUT2D eigenvalue weighted by molar-refractivity contribution is 6.02. The predicted octanol–water partition coefficient (Wildman–Crippen LogP) is 2.23. The summed E-state index contributed by atoms with van der Waals surface area (Å²) in [7, 11) is 1.66. The van der Waals surface area contributed by atoms with Gasteiger partial charge in [0.15, 0.2) is 0 Å². The fraction of sp³-hybridized carbons (Fsp3) is 0.562. The van der Waals surface area contributed by atoms with Crippen LogP contribution in [-0.2, 0) is 0 Å². The maximum atomic E-state index is 12.5. The molecule has 3 rings (SSSR count). The van der Waals surface area contributed by atoms with E-state index in [-0.39, 0.29) is 11.6 Å². The third-order valence-corrected chi connectivity index (χ3v) is 4.68. The van der Waals surface area contributed by atoms with Gasteiger partial charge in [-0.05, 0) is 30.7 Å². The summed E-state index contributed by atoms with van der Waals surface area (Å²) in [5.74, 6) is 1.19. The van der Waals surface area contributed by atoms with Crippen molar-refractivity contribution in [2.75, 3.05) is 36.9 Å². The number of benzene rings is 1. The van der Waals surface area contributed by atoms with Crippen molar-refractivity contribution in [2.45, 2.75) is 19.8 Å². The summed E-state index contributed by atoms with van der Waals surface area (Å²) < 4.78 is 0. The summed E-state index contributed by atoms with van der Waals surface area (Å²) in [6.07, 6.45) is 2.09. The Morgan fingerprint density at radius 3 is 2.65 bits per heavy atom. The number of nitro benzene ring substituents is 1. The Kier molecular flexibility index (Phi) is 4.11. The van der Waals surface area contributed by atoms with Crippen LogP contribution in [0.3, 0.4) is 0 Å². The SMILES string of the molecule is CCCNC(=O)c1cc([N+](=O)[O-])c(NC)cc1N1CC2CC2C1. The van der Waals surface area contributed by atoms with Gasteiger partial charge in [0.2, 0.25) is 0 Å². The van der Waals surface area contributed by atoms with Crippen LogP contribution in [0.25, 0.3) is 0 Å². The van der Waals surface area contributed by atoms with Gasteiger partial charge in [-0.3, -0.25) is 14.9 Å². The van der Waals surface area contributed by atoms with Gasteiger partial charge in [-0.15, -0.1) is 0 Å². The zero-order chi connectivity index (χ0) is 16.6. The first-order valence-electron chi connectivity index (χ1n) is 8.08. The Morgan fingerprint density at radius 2 is 2.09 bits per heavy atom. The fourth-order valence-corrected chi connectivity index (χ4v) is 3.30. The normalized spacial score (nSPS) is 21.7. The molecule has 2 fully saturated rings. The second-order valence-corrected chi connectivity index (χ2v) is 6.31. The van der Waals surface area contributed by atoms with Crippen molar-refractivity contribution in [3.8, 4) is 0 Å². The van der Waals surface area contributed by atoms with Gasteiger partial charge in [-0.1, -0.05) is 6.92 Å². The second-order valence-electron chi connectivity index (χ2n) is 6.31. The Labute approximate surface area is 135 Å². The van der Waals surface area contributed by atoms with Crippen LogP contribution in [0.15, 0.2) is 12.1 Å². The Morgan fingerprint density at radius 1 is 1.39 bits per heavy atom. The Balaban J connectivity index is 1.99. The van der Waals surface area contributed by atoms with E-state index >= 15 is 0 Å². The highest BCUT2D eigenvalue weighted by atomic mass is 16.6. The predicted molar refractivity (Wildman–Crippen MR) is 89.1 cm³/mol. The van der Waals surface area contributed by atoms with E-state index in [0.29, 0.717) is 17.8 Å². The number of amides is 1. The molecule has 23 heavy (non-hydrogen) atoms. The molecule has 7 nitrogen and oxygen atoms in total. The van der Waals surface area contributed by atoms with Gasteiger partial charge in [0, 0.05) is 32.7 Å². The monoisotopic (exact) mass is 318 g/mol. The minimum atomic E-state index is -0.451. The van der Waals surface area contributed by atoms with E-state index in [4.69, 9.17) is 0 Å². The molecule has 1 saturated carbocycles. The van der Waals surface area contributed by atoms with Crippen molar-refractivity contribution < 1.29 is 9.72 Å². The molecule has 2 unspecified atom stereocenters. The lowest BCUT2D eigenvalue weighted by atomic mass is 10.1. The van der Waals surface area contributed by atoms with Gasteiger partial charge < -0.3 is 15.5 Å². The summed E-state index contributed by atoms with van der Waals surface area (Å²) >= 11 is 0. The number of hydrogen-bond donors (Lipinski definition) is 2. The summed E-state index contributed by atoms with van der Waals surface area (Å²) in [5, 5.41) is 17.0. The molecule has 0 bridgehead atoms. The minimum absolute atomic E-state index is 0.0674. The van der Waals surface area contributed by atoms with Crippen molar-refractivity contribution in [1.82, 2.24) is 5.32 Å². The number of anilines is 2. The second kappa shape index (κ2) is 6.06. The maximum Gasteiger partial charge on any atom is 0.293 e. The molecule has 0 radical (unpaired) electrons. The van der Waals surface area contributed by atoms with Gasteiger partial charge in [0.05, 0.1) is 16.2 Å². The van der Waals surface area contributed by atoms with Gasteiger partial charge in [-0.25, -0.2) is 0 Å². The first-order valence-corrected chi connectivity index (χ1v) is 8.08. The zero-order valence-corrected chi connectivity index (χ0v) is 13.5. The first kappa shape index (κ1) is 15.6. The van der Waals surface area contributed by atoms with E-state index in [9.17, 15) is 14.9 Å². The van der Waals surface area contributed by atoms with Crippen LogP contribution < -0.4 is 15.5 Å². The molecule has 2 atom stereocenters. The molecular weight excluding hydrogens is 296 g/mol. The molecule has 2 N–H and O–H groups in total. The topological polar surface area (TPSA) is 87.5 Å². The smallest absolute Gasteiger partial charge is 0.293 e. The number of nitro groups is 1. The molecule has 1 aliphatic heterocycles. The molecule has 2 aliphatic rings. The third-order valence-electron chi connectivity index (χ3n) is 4.68. The highest BCUT2D eigenvalue weighted by Gasteiger charge is 2.46. The molecule has 0 spiro atoms. The molecule has 1 heterocycles. The van der Waals surface area contributed by atoms with E-state index in [1.165, 1.54) is 12.5 Å². The molecular formula is C16H22N4O3. The highest BCUT2D eigenvalue weighted by Crippen LogP contribution is 2.47. The summed E-state index contributed by atoms with van der Waals surface area (Å²) in [4.78, 5) is 25.5. The van der Waals surface area contributed by atoms with E-state index in [0.717, 1.165) is 37.0 Å². The van der Waals surface area contributed by atoms with Crippen LogP contribution in [0.4, 0.5) is 17.1 Å². The maximum absolute atomic E-state index is 12.5. The van der Waals surface area contributed by atoms with Crippen molar-refractivity contribution >= 4 is 23.0 Å². The molecule has 1 amide bonds. The Bertz CT molecular complexity index is 636. The van der Waals surface area contributed by atoms with Crippen LogP contribution in [0.1, 0.15) is 30.1 Å². The van der Waals surface area contributed by atoms with E-state index in [1.54, 1.807) is 13.1 Å². The Hall–Kier alpha value is -2.31. The van der Waals surface area contributed by atoms with Gasteiger partial charge in [0.1, 0.15) is 5.69 Å². The molecule has 1 aromatic rings. The zero-order valence-electron chi connectivity index (χ0n) is 13.5. The van der Waals surface area contributed by atoms with Crippen molar-refractivity contribution in [1.29, 1.82) is 0 Å². The molecule has 1 aromatic carbocycles. The van der Waals surface area contributed by atoms with Crippen molar-refractivity contribution in [2.24, 2.45) is 11.8 Å². The number of nitrogens with zero attached hydrogens (tertiary/aromatic N) is 2. The molecule has 1 saturated heterocycles. The van der Waals surface area contributed by atoms with E-state index < -0.39 is 4.92 Å². The molecule has 124 valence electrons. The molecule has 0 aromatic heterocycles. The van der Waals surface area contributed by atoms with Crippen LogP contribution in [0, 0.1) is 22.0 Å². The lowest BCUT2D eigenvalue weighted by molar-refractivity contribution is -0.383. The number of carbonyl (C=O) groups is 1. The third kappa shape index (κ3) is 2.95.